The van der Waals surface area contributed by atoms with Crippen molar-refractivity contribution in [2.45, 2.75) is 18.9 Å². The molecule has 1 fully saturated rings. The number of thiophene rings is 1. The molecule has 0 atom stereocenters. The average molecular weight is 435 g/mol. The van der Waals surface area contributed by atoms with Gasteiger partial charge in [-0.1, -0.05) is 0 Å². The van der Waals surface area contributed by atoms with Crippen LogP contribution in [0.1, 0.15) is 29.2 Å². The topological polar surface area (TPSA) is 88.1 Å². The van der Waals surface area contributed by atoms with E-state index in [9.17, 15) is 14.4 Å². The maximum atomic E-state index is 12.6. The maximum Gasteiger partial charge on any atom is 0.329 e. The number of likely N-dealkylation sites (tertiary alicyclic amines) is 1. The van der Waals surface area contributed by atoms with Crippen molar-refractivity contribution in [3.8, 4) is 0 Å². The van der Waals surface area contributed by atoms with Crippen molar-refractivity contribution < 1.29 is 4.79 Å². The molecule has 0 radical (unpaired) electrons. The third-order valence-corrected chi connectivity index (χ3v) is 5.94. The zero-order valence-electron chi connectivity index (χ0n) is 13.6. The smallest absolute Gasteiger partial charge is 0.329 e. The number of hydrogen-bond acceptors (Lipinski definition) is 5. The summed E-state index contributed by atoms with van der Waals surface area (Å²) in [6, 6.07) is 3.27. The Bertz CT molecular complexity index is 1100. The number of nitrogens with one attached hydrogen (secondary N) is 1. The number of carbonyl (C=O) groups is 1. The molecule has 1 N–H and O–H groups in total. The van der Waals surface area contributed by atoms with E-state index in [2.05, 4.69) is 25.9 Å². The van der Waals surface area contributed by atoms with Gasteiger partial charge >= 0.3 is 5.69 Å². The standard InChI is InChI=1S/C17H15BrN4O3S/c18-11-7-10(8-19-9-11)15(23)21-4-1-12(2-5-21)22-16(24)14-13(3-6-26-14)20-17(22)25/h3,6-9,12H,1-2,4-5H2,(H,20,25). The molecule has 26 heavy (non-hydrogen) atoms. The summed E-state index contributed by atoms with van der Waals surface area (Å²) in [6.45, 7) is 0.981. The third kappa shape index (κ3) is 3.01. The van der Waals surface area contributed by atoms with Gasteiger partial charge < -0.3 is 9.88 Å². The fourth-order valence-electron chi connectivity index (χ4n) is 3.32. The van der Waals surface area contributed by atoms with Crippen LogP contribution in [0.3, 0.4) is 0 Å². The number of piperidine rings is 1. The number of amides is 1. The van der Waals surface area contributed by atoms with Gasteiger partial charge in [0.25, 0.3) is 11.5 Å². The highest BCUT2D eigenvalue weighted by atomic mass is 79.9. The fraction of sp³-hybridized carbons (Fsp3) is 0.294. The van der Waals surface area contributed by atoms with E-state index in [1.54, 1.807) is 34.8 Å². The van der Waals surface area contributed by atoms with Crippen molar-refractivity contribution in [2.24, 2.45) is 0 Å². The Hall–Kier alpha value is -2.26. The highest BCUT2D eigenvalue weighted by Gasteiger charge is 2.27. The number of aromatic nitrogens is 3. The zero-order valence-corrected chi connectivity index (χ0v) is 16.0. The van der Waals surface area contributed by atoms with Crippen molar-refractivity contribution in [3.05, 3.63) is 60.8 Å². The number of aromatic amines is 1. The van der Waals surface area contributed by atoms with Gasteiger partial charge in [-0.05, 0) is 46.3 Å². The Labute approximate surface area is 160 Å². The fourth-order valence-corrected chi connectivity index (χ4v) is 4.47. The Morgan fingerprint density at radius 3 is 2.77 bits per heavy atom. The first kappa shape index (κ1) is 17.2. The number of hydrogen-bond donors (Lipinski definition) is 1. The minimum absolute atomic E-state index is 0.0905. The number of carbonyl (C=O) groups excluding carboxylic acids is 1. The summed E-state index contributed by atoms with van der Waals surface area (Å²) >= 11 is 4.64. The number of pyridine rings is 1. The Balaban J connectivity index is 1.55. The van der Waals surface area contributed by atoms with Crippen molar-refractivity contribution in [1.82, 2.24) is 19.4 Å². The van der Waals surface area contributed by atoms with Crippen LogP contribution in [0.5, 0.6) is 0 Å². The van der Waals surface area contributed by atoms with Crippen LogP contribution in [0, 0.1) is 0 Å². The van der Waals surface area contributed by atoms with Crippen LogP contribution < -0.4 is 11.2 Å². The van der Waals surface area contributed by atoms with E-state index in [-0.39, 0.29) is 23.2 Å². The first-order valence-electron chi connectivity index (χ1n) is 8.16. The molecule has 4 heterocycles. The molecule has 3 aromatic rings. The lowest BCUT2D eigenvalue weighted by atomic mass is 10.0. The summed E-state index contributed by atoms with van der Waals surface area (Å²) in [5.41, 5.74) is 0.463. The Morgan fingerprint density at radius 1 is 1.27 bits per heavy atom. The molecule has 0 aliphatic carbocycles. The molecule has 1 amide bonds. The van der Waals surface area contributed by atoms with Gasteiger partial charge in [0, 0.05) is 36.0 Å². The number of nitrogens with zero attached hydrogens (tertiary/aromatic N) is 3. The lowest BCUT2D eigenvalue weighted by Gasteiger charge is -2.32. The average Bonchev–Trinajstić information content (AvgIpc) is 3.10. The van der Waals surface area contributed by atoms with Crippen LogP contribution in [0.4, 0.5) is 0 Å². The molecule has 1 saturated heterocycles. The molecule has 4 rings (SSSR count). The molecule has 134 valence electrons. The van der Waals surface area contributed by atoms with Gasteiger partial charge in [0.15, 0.2) is 0 Å². The number of halogens is 1. The van der Waals surface area contributed by atoms with Gasteiger partial charge in [0.1, 0.15) is 4.70 Å². The molecule has 0 spiro atoms. The molecule has 1 aliphatic heterocycles. The molecular formula is C17H15BrN4O3S. The summed E-state index contributed by atoms with van der Waals surface area (Å²) < 4.78 is 2.62. The second-order valence-electron chi connectivity index (χ2n) is 6.18. The zero-order chi connectivity index (χ0) is 18.3. The van der Waals surface area contributed by atoms with Crippen LogP contribution in [0.15, 0.2) is 44.0 Å². The van der Waals surface area contributed by atoms with Crippen molar-refractivity contribution in [1.29, 1.82) is 0 Å². The van der Waals surface area contributed by atoms with Gasteiger partial charge in [-0.3, -0.25) is 19.1 Å². The summed E-state index contributed by atoms with van der Waals surface area (Å²) in [5, 5.41) is 1.79. The molecule has 7 nitrogen and oxygen atoms in total. The quantitative estimate of drug-likeness (QED) is 0.670. The lowest BCUT2D eigenvalue weighted by molar-refractivity contribution is 0.0691. The third-order valence-electron chi connectivity index (χ3n) is 4.61. The van der Waals surface area contributed by atoms with E-state index in [4.69, 9.17) is 0 Å². The predicted molar refractivity (Wildman–Crippen MR) is 103 cm³/mol. The monoisotopic (exact) mass is 434 g/mol. The highest BCUT2D eigenvalue weighted by molar-refractivity contribution is 9.10. The van der Waals surface area contributed by atoms with Crippen LogP contribution in [0.25, 0.3) is 10.2 Å². The molecular weight excluding hydrogens is 420 g/mol. The highest BCUT2D eigenvalue weighted by Crippen LogP contribution is 2.23. The van der Waals surface area contributed by atoms with Gasteiger partial charge in [-0.25, -0.2) is 4.79 Å². The molecule has 0 saturated carbocycles. The molecule has 0 aromatic carbocycles. The van der Waals surface area contributed by atoms with Crippen molar-refractivity contribution in [3.63, 3.8) is 0 Å². The Kier molecular flexibility index (Phi) is 4.49. The van der Waals surface area contributed by atoms with Gasteiger partial charge in [-0.2, -0.15) is 0 Å². The SMILES string of the molecule is O=C(c1cncc(Br)c1)N1CCC(n2c(=O)[nH]c3ccsc3c2=O)CC1. The second-order valence-corrected chi connectivity index (χ2v) is 8.02. The van der Waals surface area contributed by atoms with E-state index < -0.39 is 0 Å². The van der Waals surface area contributed by atoms with Crippen LogP contribution in [0.2, 0.25) is 0 Å². The van der Waals surface area contributed by atoms with Crippen molar-refractivity contribution in [2.75, 3.05) is 13.1 Å². The Morgan fingerprint density at radius 2 is 2.04 bits per heavy atom. The number of H-pyrrole nitrogens is 1. The van der Waals surface area contributed by atoms with Gasteiger partial charge in [0.05, 0.1) is 11.1 Å². The largest absolute Gasteiger partial charge is 0.338 e. The summed E-state index contributed by atoms with van der Waals surface area (Å²) in [7, 11) is 0. The molecule has 0 unspecified atom stereocenters. The van der Waals surface area contributed by atoms with E-state index in [0.717, 1.165) is 4.47 Å². The van der Waals surface area contributed by atoms with E-state index >= 15 is 0 Å². The van der Waals surface area contributed by atoms with E-state index in [0.29, 0.717) is 41.7 Å². The molecule has 9 heteroatoms. The maximum absolute atomic E-state index is 12.6. The van der Waals surface area contributed by atoms with Gasteiger partial charge in [0.2, 0.25) is 0 Å². The lowest BCUT2D eigenvalue weighted by Crippen LogP contribution is -2.44. The normalized spacial score (nSPS) is 15.5. The molecule has 1 aliphatic rings. The van der Waals surface area contributed by atoms with E-state index in [1.807, 2.05) is 0 Å². The minimum Gasteiger partial charge on any atom is -0.338 e. The minimum atomic E-state index is -0.387. The van der Waals surface area contributed by atoms with Crippen molar-refractivity contribution >= 4 is 43.4 Å². The van der Waals surface area contributed by atoms with Crippen LogP contribution in [-0.4, -0.2) is 38.4 Å². The van der Waals surface area contributed by atoms with E-state index in [1.165, 1.54) is 15.9 Å². The van der Waals surface area contributed by atoms with Crippen LogP contribution >= 0.6 is 27.3 Å². The predicted octanol–water partition coefficient (Wildman–Crippen LogP) is 2.39. The number of fused-ring (bicyclic) bond motifs is 1. The first-order chi connectivity index (χ1) is 12.5. The molecule has 0 bridgehead atoms. The van der Waals surface area contributed by atoms with Gasteiger partial charge in [-0.15, -0.1) is 11.3 Å². The summed E-state index contributed by atoms with van der Waals surface area (Å²) in [6.07, 6.45) is 4.29. The summed E-state index contributed by atoms with van der Waals surface area (Å²) in [4.78, 5) is 46.1. The van der Waals surface area contributed by atoms with Crippen LogP contribution in [-0.2, 0) is 0 Å². The second kappa shape index (κ2) is 6.81. The first-order valence-corrected chi connectivity index (χ1v) is 9.83. The molecule has 3 aromatic heterocycles. The number of rotatable bonds is 2. The summed E-state index contributed by atoms with van der Waals surface area (Å²) in [5.74, 6) is -0.0905.